The average Bonchev–Trinajstić information content (AvgIpc) is 2.46. The lowest BCUT2D eigenvalue weighted by Gasteiger charge is -1.89. The number of hydrogen-bond donors (Lipinski definition) is 2. The van der Waals surface area contributed by atoms with Crippen LogP contribution in [0.25, 0.3) is 10.9 Å². The number of aromatic nitrogens is 1. The predicted octanol–water partition coefficient (Wildman–Crippen LogP) is 2.39. The third-order valence-electron chi connectivity index (χ3n) is 1.86. The molecule has 3 N–H and O–H groups in total. The van der Waals surface area contributed by atoms with Gasteiger partial charge in [0.2, 0.25) is 0 Å². The number of halogens is 1. The molecule has 0 aliphatic rings. The Morgan fingerprint density at radius 3 is 2.92 bits per heavy atom. The summed E-state index contributed by atoms with van der Waals surface area (Å²) in [6.07, 6.45) is 0. The van der Waals surface area contributed by atoms with Crippen molar-refractivity contribution in [1.82, 2.24) is 4.98 Å². The van der Waals surface area contributed by atoms with Crippen molar-refractivity contribution in [2.24, 2.45) is 5.73 Å². The molecule has 0 unspecified atom stereocenters. The molecule has 1 aromatic carbocycles. The molecule has 0 atom stereocenters. The molecule has 12 heavy (non-hydrogen) atoms. The van der Waals surface area contributed by atoms with Crippen LogP contribution >= 0.6 is 15.9 Å². The van der Waals surface area contributed by atoms with Crippen LogP contribution in [0.2, 0.25) is 0 Å². The highest BCUT2D eigenvalue weighted by Crippen LogP contribution is 2.19. The summed E-state index contributed by atoms with van der Waals surface area (Å²) in [6, 6.07) is 8.20. The molecular formula is C9H9BrN2. The molecule has 62 valence electrons. The number of aromatic amines is 1. The zero-order valence-electron chi connectivity index (χ0n) is 6.47. The molecule has 1 aromatic heterocycles. The van der Waals surface area contributed by atoms with Crippen molar-refractivity contribution >= 4 is 26.8 Å². The molecule has 0 saturated carbocycles. The number of benzene rings is 1. The van der Waals surface area contributed by atoms with Crippen molar-refractivity contribution < 1.29 is 0 Å². The lowest BCUT2D eigenvalue weighted by Crippen LogP contribution is -1.94. The lowest BCUT2D eigenvalue weighted by molar-refractivity contribution is 1.02. The summed E-state index contributed by atoms with van der Waals surface area (Å²) in [5.41, 5.74) is 7.72. The van der Waals surface area contributed by atoms with Crippen LogP contribution in [0, 0.1) is 0 Å². The molecule has 1 heterocycles. The summed E-state index contributed by atoms with van der Waals surface area (Å²) in [4.78, 5) is 3.23. The zero-order chi connectivity index (χ0) is 8.55. The molecule has 0 amide bonds. The standard InChI is InChI=1S/C9H9BrN2/c10-7-1-2-9-6(3-7)4-8(5-11)12-9/h1-4,12H,5,11H2. The van der Waals surface area contributed by atoms with Crippen molar-refractivity contribution in [2.75, 3.05) is 0 Å². The molecule has 0 saturated heterocycles. The van der Waals surface area contributed by atoms with E-state index in [9.17, 15) is 0 Å². The first-order valence-corrected chi connectivity index (χ1v) is 4.56. The van der Waals surface area contributed by atoms with Gasteiger partial charge >= 0.3 is 0 Å². The third-order valence-corrected chi connectivity index (χ3v) is 2.35. The summed E-state index contributed by atoms with van der Waals surface area (Å²) >= 11 is 3.42. The van der Waals surface area contributed by atoms with Gasteiger partial charge < -0.3 is 10.7 Å². The molecule has 0 aliphatic heterocycles. The first kappa shape index (κ1) is 7.83. The number of H-pyrrole nitrogens is 1. The van der Waals surface area contributed by atoms with Crippen LogP contribution in [0.1, 0.15) is 5.69 Å². The van der Waals surface area contributed by atoms with E-state index in [1.54, 1.807) is 0 Å². The fourth-order valence-corrected chi connectivity index (χ4v) is 1.65. The first-order valence-electron chi connectivity index (χ1n) is 3.77. The molecule has 0 spiro atoms. The highest BCUT2D eigenvalue weighted by molar-refractivity contribution is 9.10. The third kappa shape index (κ3) is 1.26. The maximum Gasteiger partial charge on any atom is 0.0457 e. The summed E-state index contributed by atoms with van der Waals surface area (Å²) in [5, 5.41) is 1.20. The summed E-state index contributed by atoms with van der Waals surface area (Å²) in [7, 11) is 0. The molecule has 2 aromatic rings. The lowest BCUT2D eigenvalue weighted by atomic mass is 10.2. The van der Waals surface area contributed by atoms with Crippen LogP contribution in [0.5, 0.6) is 0 Å². The highest BCUT2D eigenvalue weighted by atomic mass is 79.9. The van der Waals surface area contributed by atoms with Crippen LogP contribution in [-0.4, -0.2) is 4.98 Å². The van der Waals surface area contributed by atoms with Gasteiger partial charge in [-0.15, -0.1) is 0 Å². The van der Waals surface area contributed by atoms with Crippen molar-refractivity contribution in [1.29, 1.82) is 0 Å². The van der Waals surface area contributed by atoms with Gasteiger partial charge in [-0.3, -0.25) is 0 Å². The topological polar surface area (TPSA) is 41.8 Å². The Labute approximate surface area is 78.9 Å². The van der Waals surface area contributed by atoms with Crippen LogP contribution in [0.3, 0.4) is 0 Å². The molecule has 2 nitrogen and oxygen atoms in total. The highest BCUT2D eigenvalue weighted by Gasteiger charge is 1.98. The minimum absolute atomic E-state index is 0.562. The second-order valence-electron chi connectivity index (χ2n) is 2.73. The van der Waals surface area contributed by atoms with Gasteiger partial charge in [0.15, 0.2) is 0 Å². The van der Waals surface area contributed by atoms with E-state index >= 15 is 0 Å². The number of nitrogens with two attached hydrogens (primary N) is 1. The fourth-order valence-electron chi connectivity index (χ4n) is 1.27. The van der Waals surface area contributed by atoms with E-state index < -0.39 is 0 Å². The number of fused-ring (bicyclic) bond motifs is 1. The SMILES string of the molecule is NCc1cc2cc(Br)ccc2[nH]1. The van der Waals surface area contributed by atoms with E-state index in [4.69, 9.17) is 5.73 Å². The molecular weight excluding hydrogens is 216 g/mol. The summed E-state index contributed by atoms with van der Waals surface area (Å²) in [5.74, 6) is 0. The van der Waals surface area contributed by atoms with Gasteiger partial charge in [0, 0.05) is 27.6 Å². The van der Waals surface area contributed by atoms with E-state index in [0.29, 0.717) is 6.54 Å². The maximum absolute atomic E-state index is 5.51. The van der Waals surface area contributed by atoms with Crippen LogP contribution in [-0.2, 0) is 6.54 Å². The second kappa shape index (κ2) is 2.92. The van der Waals surface area contributed by atoms with Crippen LogP contribution < -0.4 is 5.73 Å². The minimum atomic E-state index is 0.562. The van der Waals surface area contributed by atoms with Gasteiger partial charge in [-0.25, -0.2) is 0 Å². The van der Waals surface area contributed by atoms with E-state index in [-0.39, 0.29) is 0 Å². The molecule has 0 fully saturated rings. The maximum atomic E-state index is 5.51. The van der Waals surface area contributed by atoms with Gasteiger partial charge in [0.25, 0.3) is 0 Å². The van der Waals surface area contributed by atoms with Crippen LogP contribution in [0.15, 0.2) is 28.7 Å². The number of hydrogen-bond acceptors (Lipinski definition) is 1. The van der Waals surface area contributed by atoms with E-state index in [0.717, 1.165) is 15.7 Å². The van der Waals surface area contributed by atoms with E-state index in [1.807, 2.05) is 12.1 Å². The quantitative estimate of drug-likeness (QED) is 0.768. The van der Waals surface area contributed by atoms with Crippen molar-refractivity contribution in [2.45, 2.75) is 6.54 Å². The van der Waals surface area contributed by atoms with Gasteiger partial charge in [-0.1, -0.05) is 15.9 Å². The Balaban J connectivity index is 2.67. The minimum Gasteiger partial charge on any atom is -0.357 e. The molecule has 0 radical (unpaired) electrons. The molecule has 3 heteroatoms. The predicted molar refractivity (Wildman–Crippen MR) is 53.9 cm³/mol. The van der Waals surface area contributed by atoms with E-state index in [2.05, 4.69) is 33.0 Å². The van der Waals surface area contributed by atoms with Crippen molar-refractivity contribution in [3.8, 4) is 0 Å². The Kier molecular flexibility index (Phi) is 1.90. The number of rotatable bonds is 1. The summed E-state index contributed by atoms with van der Waals surface area (Å²) in [6.45, 7) is 0.562. The molecule has 0 bridgehead atoms. The van der Waals surface area contributed by atoms with E-state index in [1.165, 1.54) is 5.39 Å². The van der Waals surface area contributed by atoms with Gasteiger partial charge in [-0.2, -0.15) is 0 Å². The Morgan fingerprint density at radius 1 is 1.33 bits per heavy atom. The smallest absolute Gasteiger partial charge is 0.0457 e. The Hall–Kier alpha value is -0.800. The summed E-state index contributed by atoms with van der Waals surface area (Å²) < 4.78 is 1.09. The zero-order valence-corrected chi connectivity index (χ0v) is 8.06. The fraction of sp³-hybridized carbons (Fsp3) is 0.111. The normalized spacial score (nSPS) is 10.8. The van der Waals surface area contributed by atoms with Gasteiger partial charge in [0.05, 0.1) is 0 Å². The molecule has 0 aliphatic carbocycles. The largest absolute Gasteiger partial charge is 0.357 e. The van der Waals surface area contributed by atoms with Gasteiger partial charge in [0.1, 0.15) is 0 Å². The Bertz CT molecular complexity index is 406. The Morgan fingerprint density at radius 2 is 2.17 bits per heavy atom. The monoisotopic (exact) mass is 224 g/mol. The van der Waals surface area contributed by atoms with Crippen LogP contribution in [0.4, 0.5) is 0 Å². The van der Waals surface area contributed by atoms with Crippen molar-refractivity contribution in [3.63, 3.8) is 0 Å². The molecule has 2 rings (SSSR count). The number of nitrogens with one attached hydrogen (secondary N) is 1. The van der Waals surface area contributed by atoms with Gasteiger partial charge in [-0.05, 0) is 24.3 Å². The van der Waals surface area contributed by atoms with Crippen molar-refractivity contribution in [3.05, 3.63) is 34.4 Å². The first-order chi connectivity index (χ1) is 5.79. The second-order valence-corrected chi connectivity index (χ2v) is 3.65. The average molecular weight is 225 g/mol.